The van der Waals surface area contributed by atoms with E-state index < -0.39 is 4.92 Å². The molecule has 1 atom stereocenters. The molecule has 1 heterocycles. The maximum absolute atomic E-state index is 12.1. The largest absolute Gasteiger partial charge is 0.352 e. The van der Waals surface area contributed by atoms with E-state index in [0.29, 0.717) is 18.0 Å². The van der Waals surface area contributed by atoms with E-state index in [1.165, 1.54) is 12.1 Å². The lowest BCUT2D eigenvalue weighted by atomic mass is 10.0. The van der Waals surface area contributed by atoms with E-state index in [0.717, 1.165) is 31.5 Å². The van der Waals surface area contributed by atoms with Crippen molar-refractivity contribution in [2.24, 2.45) is 5.92 Å². The highest BCUT2D eigenvalue weighted by atomic mass is 35.5. The summed E-state index contributed by atoms with van der Waals surface area (Å²) in [7, 11) is 0. The lowest BCUT2D eigenvalue weighted by Crippen LogP contribution is -2.27. The molecule has 2 N–H and O–H groups in total. The highest BCUT2D eigenvalue weighted by Crippen LogP contribution is 2.17. The first-order chi connectivity index (χ1) is 9.58. The van der Waals surface area contributed by atoms with Crippen molar-refractivity contribution in [2.75, 3.05) is 19.6 Å². The van der Waals surface area contributed by atoms with Crippen LogP contribution in [0.15, 0.2) is 18.2 Å². The van der Waals surface area contributed by atoms with Gasteiger partial charge in [0.2, 0.25) is 0 Å². The first-order valence-electron chi connectivity index (χ1n) is 6.82. The average molecular weight is 314 g/mol. The Morgan fingerprint density at radius 1 is 1.52 bits per heavy atom. The second-order valence-corrected chi connectivity index (χ2v) is 5.16. The summed E-state index contributed by atoms with van der Waals surface area (Å²) >= 11 is 0. The van der Waals surface area contributed by atoms with Gasteiger partial charge in [0, 0.05) is 24.2 Å². The zero-order valence-corrected chi connectivity index (χ0v) is 12.7. The summed E-state index contributed by atoms with van der Waals surface area (Å²) in [5.41, 5.74) is 1.07. The van der Waals surface area contributed by atoms with Crippen molar-refractivity contribution in [3.63, 3.8) is 0 Å². The predicted molar refractivity (Wildman–Crippen MR) is 83.0 cm³/mol. The summed E-state index contributed by atoms with van der Waals surface area (Å²) in [6.45, 7) is 4.43. The molecule has 1 fully saturated rings. The summed E-state index contributed by atoms with van der Waals surface area (Å²) in [4.78, 5) is 22.3. The number of carbonyl (C=O) groups is 1. The van der Waals surface area contributed by atoms with Crippen LogP contribution in [0, 0.1) is 23.0 Å². The van der Waals surface area contributed by atoms with Crippen LogP contribution in [-0.4, -0.2) is 30.5 Å². The highest BCUT2D eigenvalue weighted by molar-refractivity contribution is 5.96. The third-order valence-electron chi connectivity index (χ3n) is 3.68. The smallest absolute Gasteiger partial charge is 0.270 e. The van der Waals surface area contributed by atoms with Crippen molar-refractivity contribution in [3.8, 4) is 0 Å². The summed E-state index contributed by atoms with van der Waals surface area (Å²) in [5, 5.41) is 16.9. The molecule has 1 aliphatic heterocycles. The fourth-order valence-electron chi connectivity index (χ4n) is 2.41. The van der Waals surface area contributed by atoms with Gasteiger partial charge in [0.05, 0.1) is 4.92 Å². The molecule has 1 aromatic rings. The van der Waals surface area contributed by atoms with Crippen LogP contribution in [0.4, 0.5) is 5.69 Å². The van der Waals surface area contributed by atoms with Crippen molar-refractivity contribution >= 4 is 24.0 Å². The second-order valence-electron chi connectivity index (χ2n) is 5.16. The SMILES string of the molecule is Cc1ccc([N+](=O)[O-])cc1C(=O)NCCC1CCNC1.Cl. The Hall–Kier alpha value is -1.66. The van der Waals surface area contributed by atoms with Crippen molar-refractivity contribution < 1.29 is 9.72 Å². The van der Waals surface area contributed by atoms with Crippen LogP contribution < -0.4 is 10.6 Å². The number of carbonyl (C=O) groups excluding carboxylic acids is 1. The molecule has 1 unspecified atom stereocenters. The van der Waals surface area contributed by atoms with Crippen LogP contribution in [0.2, 0.25) is 0 Å². The molecule has 0 saturated carbocycles. The average Bonchev–Trinajstić information content (AvgIpc) is 2.92. The predicted octanol–water partition coefficient (Wildman–Crippen LogP) is 2.05. The molecule has 1 aromatic carbocycles. The van der Waals surface area contributed by atoms with Crippen LogP contribution in [0.3, 0.4) is 0 Å². The number of aryl methyl sites for hydroxylation is 1. The normalized spacial score (nSPS) is 17.1. The van der Waals surface area contributed by atoms with E-state index in [1.54, 1.807) is 13.0 Å². The van der Waals surface area contributed by atoms with E-state index in [4.69, 9.17) is 0 Å². The monoisotopic (exact) mass is 313 g/mol. The van der Waals surface area contributed by atoms with Gasteiger partial charge in [-0.2, -0.15) is 0 Å². The van der Waals surface area contributed by atoms with Crippen molar-refractivity contribution in [1.29, 1.82) is 0 Å². The van der Waals surface area contributed by atoms with Crippen LogP contribution >= 0.6 is 12.4 Å². The van der Waals surface area contributed by atoms with Crippen molar-refractivity contribution in [2.45, 2.75) is 19.8 Å². The van der Waals surface area contributed by atoms with Crippen LogP contribution in [-0.2, 0) is 0 Å². The summed E-state index contributed by atoms with van der Waals surface area (Å²) < 4.78 is 0. The number of nitro groups is 1. The number of hydrogen-bond acceptors (Lipinski definition) is 4. The number of nitrogens with zero attached hydrogens (tertiary/aromatic N) is 1. The minimum absolute atomic E-state index is 0. The lowest BCUT2D eigenvalue weighted by molar-refractivity contribution is -0.384. The Balaban J connectivity index is 0.00000220. The fraction of sp³-hybridized carbons (Fsp3) is 0.500. The number of hydrogen-bond donors (Lipinski definition) is 2. The maximum Gasteiger partial charge on any atom is 0.270 e. The number of nitro benzene ring substituents is 1. The molecule has 21 heavy (non-hydrogen) atoms. The van der Waals surface area contributed by atoms with E-state index in [9.17, 15) is 14.9 Å². The van der Waals surface area contributed by atoms with Gasteiger partial charge in [0.1, 0.15) is 0 Å². The van der Waals surface area contributed by atoms with Gasteiger partial charge in [-0.15, -0.1) is 12.4 Å². The summed E-state index contributed by atoms with van der Waals surface area (Å²) in [6, 6.07) is 4.35. The minimum atomic E-state index is -0.486. The first-order valence-corrected chi connectivity index (χ1v) is 6.82. The quantitative estimate of drug-likeness (QED) is 0.643. The Morgan fingerprint density at radius 3 is 2.90 bits per heavy atom. The Labute approximate surface area is 129 Å². The van der Waals surface area contributed by atoms with Gasteiger partial charge in [-0.25, -0.2) is 0 Å². The van der Waals surface area contributed by atoms with Gasteiger partial charge in [-0.1, -0.05) is 6.07 Å². The Morgan fingerprint density at radius 2 is 2.29 bits per heavy atom. The van der Waals surface area contributed by atoms with Gasteiger partial charge in [-0.05, 0) is 44.3 Å². The molecular weight excluding hydrogens is 294 g/mol. The number of rotatable bonds is 5. The van der Waals surface area contributed by atoms with Gasteiger partial charge >= 0.3 is 0 Å². The zero-order chi connectivity index (χ0) is 14.5. The number of benzene rings is 1. The molecule has 1 saturated heterocycles. The number of amides is 1. The maximum atomic E-state index is 12.1. The molecular formula is C14H20ClN3O3. The van der Waals surface area contributed by atoms with Gasteiger partial charge in [0.15, 0.2) is 0 Å². The van der Waals surface area contributed by atoms with E-state index in [1.807, 2.05) is 0 Å². The van der Waals surface area contributed by atoms with Gasteiger partial charge in [0.25, 0.3) is 11.6 Å². The van der Waals surface area contributed by atoms with Gasteiger partial charge < -0.3 is 10.6 Å². The standard InChI is InChI=1S/C14H19N3O3.ClH/c1-10-2-3-12(17(19)20)8-13(10)14(18)16-7-5-11-4-6-15-9-11;/h2-3,8,11,15H,4-7,9H2,1H3,(H,16,18);1H. The summed E-state index contributed by atoms with van der Waals surface area (Å²) in [5.74, 6) is 0.374. The van der Waals surface area contributed by atoms with Crippen LogP contribution in [0.25, 0.3) is 0 Å². The fourth-order valence-corrected chi connectivity index (χ4v) is 2.41. The number of halogens is 1. The molecule has 116 valence electrons. The second kappa shape index (κ2) is 7.95. The first kappa shape index (κ1) is 17.4. The van der Waals surface area contributed by atoms with E-state index in [2.05, 4.69) is 10.6 Å². The number of nitrogens with one attached hydrogen (secondary N) is 2. The molecule has 0 aliphatic carbocycles. The third-order valence-corrected chi connectivity index (χ3v) is 3.68. The molecule has 2 rings (SSSR count). The molecule has 1 amide bonds. The van der Waals surface area contributed by atoms with Crippen molar-refractivity contribution in [3.05, 3.63) is 39.4 Å². The highest BCUT2D eigenvalue weighted by Gasteiger charge is 2.16. The molecule has 1 aliphatic rings. The van der Waals surface area contributed by atoms with Crippen LogP contribution in [0.1, 0.15) is 28.8 Å². The molecule has 7 heteroatoms. The molecule has 0 radical (unpaired) electrons. The lowest BCUT2D eigenvalue weighted by Gasteiger charge is -2.10. The summed E-state index contributed by atoms with van der Waals surface area (Å²) in [6.07, 6.45) is 2.08. The topological polar surface area (TPSA) is 84.3 Å². The van der Waals surface area contributed by atoms with E-state index in [-0.39, 0.29) is 24.0 Å². The minimum Gasteiger partial charge on any atom is -0.352 e. The van der Waals surface area contributed by atoms with E-state index >= 15 is 0 Å². The Bertz CT molecular complexity index is 516. The molecule has 6 nitrogen and oxygen atoms in total. The molecule has 0 aromatic heterocycles. The number of non-ortho nitro benzene ring substituents is 1. The molecule has 0 spiro atoms. The van der Waals surface area contributed by atoms with Gasteiger partial charge in [-0.3, -0.25) is 14.9 Å². The Kier molecular flexibility index (Phi) is 6.58. The third kappa shape index (κ3) is 4.68. The zero-order valence-electron chi connectivity index (χ0n) is 11.9. The van der Waals surface area contributed by atoms with Crippen LogP contribution in [0.5, 0.6) is 0 Å². The van der Waals surface area contributed by atoms with Crippen molar-refractivity contribution in [1.82, 2.24) is 10.6 Å². The molecule has 0 bridgehead atoms.